The number of rotatable bonds is 6. The molecule has 7 heteroatoms. The molecular formula is C14H20N2O4S. The molecule has 1 amide bonds. The van der Waals surface area contributed by atoms with Crippen molar-refractivity contribution in [3.05, 3.63) is 24.0 Å². The minimum Gasteiger partial charge on any atom is -0.480 e. The highest BCUT2D eigenvalue weighted by atomic mass is 32.2. The molecule has 2 heterocycles. The van der Waals surface area contributed by atoms with Crippen LogP contribution in [0, 0.1) is 0 Å². The molecule has 1 fully saturated rings. The second kappa shape index (κ2) is 7.00. The number of aromatic nitrogens is 1. The smallest absolute Gasteiger partial charge is 0.327 e. The molecule has 1 aliphatic rings. The Kier molecular flexibility index (Phi) is 5.30. The van der Waals surface area contributed by atoms with Crippen molar-refractivity contribution >= 4 is 23.6 Å². The molecule has 21 heavy (non-hydrogen) atoms. The van der Waals surface area contributed by atoms with E-state index in [1.54, 1.807) is 23.8 Å². The van der Waals surface area contributed by atoms with Crippen molar-refractivity contribution in [2.24, 2.45) is 0 Å². The van der Waals surface area contributed by atoms with Gasteiger partial charge in [-0.1, -0.05) is 6.92 Å². The highest BCUT2D eigenvalue weighted by molar-refractivity contribution is 8.00. The fourth-order valence-electron chi connectivity index (χ4n) is 2.47. The van der Waals surface area contributed by atoms with Crippen LogP contribution >= 0.6 is 11.8 Å². The molecule has 6 nitrogen and oxygen atoms in total. The summed E-state index contributed by atoms with van der Waals surface area (Å²) in [6.45, 7) is 3.04. The number of methoxy groups -OCH3 is 1. The fraction of sp³-hybridized carbons (Fsp3) is 0.571. The first-order valence-electron chi connectivity index (χ1n) is 6.91. The van der Waals surface area contributed by atoms with Crippen molar-refractivity contribution in [1.82, 2.24) is 9.47 Å². The van der Waals surface area contributed by atoms with E-state index in [9.17, 15) is 14.7 Å². The average Bonchev–Trinajstić information content (AvgIpc) is 3.10. The van der Waals surface area contributed by atoms with Crippen LogP contribution in [-0.2, 0) is 16.1 Å². The Hall–Kier alpha value is -1.47. The van der Waals surface area contributed by atoms with E-state index in [4.69, 9.17) is 4.74 Å². The number of carboxylic acid groups (broad SMARTS) is 1. The third kappa shape index (κ3) is 3.24. The summed E-state index contributed by atoms with van der Waals surface area (Å²) in [5.41, 5.74) is 0.513. The van der Waals surface area contributed by atoms with Gasteiger partial charge in [0.15, 0.2) is 0 Å². The van der Waals surface area contributed by atoms with Gasteiger partial charge in [0, 0.05) is 25.6 Å². The van der Waals surface area contributed by atoms with Gasteiger partial charge in [0.2, 0.25) is 0 Å². The molecule has 0 saturated carbocycles. The average molecular weight is 312 g/mol. The Morgan fingerprint density at radius 3 is 2.90 bits per heavy atom. The molecule has 2 rings (SSSR count). The maximum absolute atomic E-state index is 12.8. The van der Waals surface area contributed by atoms with Gasteiger partial charge in [0.05, 0.1) is 12.0 Å². The van der Waals surface area contributed by atoms with E-state index < -0.39 is 12.0 Å². The first-order chi connectivity index (χ1) is 10.1. The molecule has 2 atom stereocenters. The summed E-state index contributed by atoms with van der Waals surface area (Å²) in [4.78, 5) is 25.6. The number of carbonyl (C=O) groups is 2. The Balaban J connectivity index is 2.24. The van der Waals surface area contributed by atoms with Gasteiger partial charge < -0.3 is 19.3 Å². The van der Waals surface area contributed by atoms with Crippen molar-refractivity contribution in [3.8, 4) is 0 Å². The number of hydrogen-bond acceptors (Lipinski definition) is 4. The van der Waals surface area contributed by atoms with E-state index in [0.29, 0.717) is 24.6 Å². The van der Waals surface area contributed by atoms with E-state index in [2.05, 4.69) is 0 Å². The number of thioether (sulfide) groups is 1. The van der Waals surface area contributed by atoms with E-state index in [-0.39, 0.29) is 11.3 Å². The van der Waals surface area contributed by atoms with Gasteiger partial charge in [-0.15, -0.1) is 11.8 Å². The normalized spacial score (nSPS) is 21.7. The first kappa shape index (κ1) is 15.9. The van der Waals surface area contributed by atoms with Crippen molar-refractivity contribution in [2.75, 3.05) is 19.5 Å². The zero-order valence-electron chi connectivity index (χ0n) is 12.2. The second-order valence-corrected chi connectivity index (χ2v) is 6.05. The lowest BCUT2D eigenvalue weighted by atomic mass is 10.2. The number of nitrogens with zero attached hydrogens (tertiary/aromatic N) is 2. The number of aliphatic carboxylic acids is 1. The van der Waals surface area contributed by atoms with Crippen LogP contribution in [0.25, 0.3) is 0 Å². The van der Waals surface area contributed by atoms with Gasteiger partial charge in [-0.3, -0.25) is 4.79 Å². The zero-order chi connectivity index (χ0) is 15.4. The molecule has 1 aliphatic heterocycles. The summed E-state index contributed by atoms with van der Waals surface area (Å²) in [6.07, 6.45) is 2.55. The van der Waals surface area contributed by atoms with Crippen LogP contribution in [0.1, 0.15) is 23.8 Å². The number of amides is 1. The predicted molar refractivity (Wildman–Crippen MR) is 80.4 cm³/mol. The minimum atomic E-state index is -0.943. The maximum atomic E-state index is 12.8. The fourth-order valence-corrected chi connectivity index (χ4v) is 3.81. The summed E-state index contributed by atoms with van der Waals surface area (Å²) < 4.78 is 6.84. The molecule has 0 bridgehead atoms. The van der Waals surface area contributed by atoms with Crippen LogP contribution in [0.15, 0.2) is 18.3 Å². The lowest BCUT2D eigenvalue weighted by molar-refractivity contribution is -0.141. The lowest BCUT2D eigenvalue weighted by Gasteiger charge is -2.27. The highest BCUT2D eigenvalue weighted by Crippen LogP contribution is 2.32. The van der Waals surface area contributed by atoms with Crippen molar-refractivity contribution in [1.29, 1.82) is 0 Å². The predicted octanol–water partition coefficient (Wildman–Crippen LogP) is 1.51. The van der Waals surface area contributed by atoms with Gasteiger partial charge >= 0.3 is 5.97 Å². The van der Waals surface area contributed by atoms with Gasteiger partial charge in [-0.05, 0) is 18.6 Å². The largest absolute Gasteiger partial charge is 0.480 e. The monoisotopic (exact) mass is 312 g/mol. The van der Waals surface area contributed by atoms with E-state index in [1.165, 1.54) is 16.7 Å². The third-order valence-electron chi connectivity index (χ3n) is 3.55. The molecule has 1 aromatic rings. The summed E-state index contributed by atoms with van der Waals surface area (Å²) >= 11 is 1.53. The molecule has 1 N–H and O–H groups in total. The maximum Gasteiger partial charge on any atom is 0.327 e. The van der Waals surface area contributed by atoms with Crippen LogP contribution in [0.5, 0.6) is 0 Å². The van der Waals surface area contributed by atoms with Crippen LogP contribution in [0.3, 0.4) is 0 Å². The second-order valence-electron chi connectivity index (χ2n) is 4.84. The lowest BCUT2D eigenvalue weighted by Crippen LogP contribution is -2.46. The zero-order valence-corrected chi connectivity index (χ0v) is 13.0. The summed E-state index contributed by atoms with van der Waals surface area (Å²) in [6, 6.07) is 2.77. The molecule has 0 radical (unpaired) electrons. The Labute approximate surface area is 128 Å². The van der Waals surface area contributed by atoms with Gasteiger partial charge in [-0.2, -0.15) is 0 Å². The summed E-state index contributed by atoms with van der Waals surface area (Å²) in [5.74, 6) is -0.722. The number of carbonyl (C=O) groups excluding carboxylic acids is 1. The topological polar surface area (TPSA) is 71.8 Å². The van der Waals surface area contributed by atoms with Crippen molar-refractivity contribution in [3.63, 3.8) is 0 Å². The van der Waals surface area contributed by atoms with E-state index in [1.807, 2.05) is 13.1 Å². The van der Waals surface area contributed by atoms with Crippen LogP contribution in [0.2, 0.25) is 0 Å². The Bertz CT molecular complexity index is 517. The molecule has 1 aromatic heterocycles. The molecule has 2 unspecified atom stereocenters. The first-order valence-corrected chi connectivity index (χ1v) is 7.96. The molecule has 0 aromatic carbocycles. The minimum absolute atomic E-state index is 0.0793. The molecule has 0 aliphatic carbocycles. The van der Waals surface area contributed by atoms with Crippen LogP contribution in [-0.4, -0.2) is 57.3 Å². The van der Waals surface area contributed by atoms with E-state index in [0.717, 1.165) is 6.42 Å². The van der Waals surface area contributed by atoms with Gasteiger partial charge in [0.25, 0.3) is 5.91 Å². The SMILES string of the molecule is CCC1SCC(C(=O)O)N1C(=O)c1cccn1CCOC. The van der Waals surface area contributed by atoms with E-state index >= 15 is 0 Å². The highest BCUT2D eigenvalue weighted by Gasteiger charge is 2.41. The number of ether oxygens (including phenoxy) is 1. The van der Waals surface area contributed by atoms with Crippen molar-refractivity contribution in [2.45, 2.75) is 31.3 Å². The van der Waals surface area contributed by atoms with Crippen LogP contribution in [0.4, 0.5) is 0 Å². The Morgan fingerprint density at radius 1 is 1.52 bits per heavy atom. The van der Waals surface area contributed by atoms with Gasteiger partial charge in [-0.25, -0.2) is 4.79 Å². The molecule has 116 valence electrons. The molecular weight excluding hydrogens is 292 g/mol. The third-order valence-corrected chi connectivity index (χ3v) is 5.00. The standard InChI is InChI=1S/C14H20N2O4S/c1-3-12-16(11(9-21-12)14(18)19)13(17)10-5-4-6-15(10)7-8-20-2/h4-6,11-12H,3,7-9H2,1-2H3,(H,18,19). The van der Waals surface area contributed by atoms with Crippen LogP contribution < -0.4 is 0 Å². The molecule has 0 spiro atoms. The number of carboxylic acids is 1. The molecule has 1 saturated heterocycles. The van der Waals surface area contributed by atoms with Crippen molar-refractivity contribution < 1.29 is 19.4 Å². The van der Waals surface area contributed by atoms with Gasteiger partial charge in [0.1, 0.15) is 11.7 Å². The summed E-state index contributed by atoms with van der Waals surface area (Å²) in [7, 11) is 1.61. The number of hydrogen-bond donors (Lipinski definition) is 1. The Morgan fingerprint density at radius 2 is 2.29 bits per heavy atom. The quantitative estimate of drug-likeness (QED) is 0.862. The summed E-state index contributed by atoms with van der Waals surface area (Å²) in [5, 5.41) is 9.24.